The number of nitrogens with zero attached hydrogens (tertiary/aromatic N) is 2. The second-order valence-corrected chi connectivity index (χ2v) is 8.25. The SMILES string of the molecule is O=C1CCC2(CCN(C(=O)c3ccc(O)cc3)CC2)CN1CC1CCCO1. The second kappa shape index (κ2) is 7.50. The molecule has 1 aromatic rings. The Morgan fingerprint density at radius 3 is 2.59 bits per heavy atom. The molecular weight excluding hydrogens is 344 g/mol. The fraction of sp³-hybridized carbons (Fsp3) is 0.619. The number of carbonyl (C=O) groups excluding carboxylic acids is 2. The van der Waals surface area contributed by atoms with Crippen molar-refractivity contribution < 1.29 is 19.4 Å². The highest BCUT2D eigenvalue weighted by Crippen LogP contribution is 2.40. The number of carbonyl (C=O) groups is 2. The van der Waals surface area contributed by atoms with Crippen molar-refractivity contribution in [2.24, 2.45) is 5.41 Å². The molecule has 1 unspecified atom stereocenters. The molecule has 146 valence electrons. The van der Waals surface area contributed by atoms with Crippen molar-refractivity contribution in [2.75, 3.05) is 32.8 Å². The molecule has 2 amide bonds. The summed E-state index contributed by atoms with van der Waals surface area (Å²) in [6.45, 7) is 3.78. The molecule has 3 fully saturated rings. The van der Waals surface area contributed by atoms with Crippen molar-refractivity contribution >= 4 is 11.8 Å². The van der Waals surface area contributed by atoms with E-state index in [0.717, 1.165) is 64.9 Å². The Hall–Kier alpha value is -2.08. The van der Waals surface area contributed by atoms with Gasteiger partial charge in [0.2, 0.25) is 5.91 Å². The van der Waals surface area contributed by atoms with Crippen LogP contribution in [-0.2, 0) is 9.53 Å². The lowest BCUT2D eigenvalue weighted by Gasteiger charge is -2.47. The van der Waals surface area contributed by atoms with Crippen molar-refractivity contribution in [2.45, 2.75) is 44.6 Å². The Kier molecular flexibility index (Phi) is 5.08. The minimum Gasteiger partial charge on any atom is -0.508 e. The van der Waals surface area contributed by atoms with Gasteiger partial charge in [0.25, 0.3) is 5.91 Å². The number of piperidine rings is 2. The van der Waals surface area contributed by atoms with Crippen molar-refractivity contribution in [3.8, 4) is 5.75 Å². The van der Waals surface area contributed by atoms with E-state index in [0.29, 0.717) is 12.0 Å². The van der Waals surface area contributed by atoms with E-state index in [4.69, 9.17) is 4.74 Å². The summed E-state index contributed by atoms with van der Waals surface area (Å²) < 4.78 is 5.72. The zero-order chi connectivity index (χ0) is 18.9. The Balaban J connectivity index is 1.36. The van der Waals surface area contributed by atoms with Crippen LogP contribution in [0.5, 0.6) is 5.75 Å². The molecule has 0 radical (unpaired) electrons. The highest BCUT2D eigenvalue weighted by Gasteiger charge is 2.42. The van der Waals surface area contributed by atoms with Crippen LogP contribution in [0.3, 0.4) is 0 Å². The third-order valence-corrected chi connectivity index (χ3v) is 6.42. The predicted octanol–water partition coefficient (Wildman–Crippen LogP) is 2.42. The lowest BCUT2D eigenvalue weighted by Crippen LogP contribution is -2.53. The van der Waals surface area contributed by atoms with E-state index in [1.54, 1.807) is 24.3 Å². The molecule has 1 atom stereocenters. The van der Waals surface area contributed by atoms with Gasteiger partial charge in [0.1, 0.15) is 5.75 Å². The molecule has 27 heavy (non-hydrogen) atoms. The van der Waals surface area contributed by atoms with E-state index in [1.165, 1.54) is 0 Å². The molecule has 1 N–H and O–H groups in total. The molecule has 3 heterocycles. The number of hydrogen-bond acceptors (Lipinski definition) is 4. The van der Waals surface area contributed by atoms with Gasteiger partial charge in [-0.25, -0.2) is 0 Å². The largest absolute Gasteiger partial charge is 0.508 e. The Morgan fingerprint density at radius 1 is 1.19 bits per heavy atom. The molecule has 6 heteroatoms. The van der Waals surface area contributed by atoms with E-state index < -0.39 is 0 Å². The number of aromatic hydroxyl groups is 1. The van der Waals surface area contributed by atoms with Crippen LogP contribution in [0.25, 0.3) is 0 Å². The van der Waals surface area contributed by atoms with Gasteiger partial charge in [0.15, 0.2) is 0 Å². The molecule has 6 nitrogen and oxygen atoms in total. The maximum absolute atomic E-state index is 12.7. The molecule has 0 aromatic heterocycles. The molecule has 3 saturated heterocycles. The van der Waals surface area contributed by atoms with Crippen molar-refractivity contribution in [1.29, 1.82) is 0 Å². The smallest absolute Gasteiger partial charge is 0.253 e. The summed E-state index contributed by atoms with van der Waals surface area (Å²) in [7, 11) is 0. The van der Waals surface area contributed by atoms with E-state index >= 15 is 0 Å². The van der Waals surface area contributed by atoms with E-state index in [2.05, 4.69) is 0 Å². The molecule has 0 aliphatic carbocycles. The van der Waals surface area contributed by atoms with Gasteiger partial charge >= 0.3 is 0 Å². The molecule has 0 saturated carbocycles. The standard InChI is InChI=1S/C21H28N2O4/c24-17-5-3-16(4-6-17)20(26)22-11-9-21(10-12-22)8-7-19(25)23(15-21)14-18-2-1-13-27-18/h3-6,18,24H,1-2,7-15H2. The molecule has 4 rings (SSSR count). The third-order valence-electron chi connectivity index (χ3n) is 6.42. The number of phenols is 1. The normalized spacial score (nSPS) is 25.2. The minimum atomic E-state index is 0.0212. The maximum atomic E-state index is 12.7. The number of phenolic OH excluding ortho intramolecular Hbond substituents is 1. The fourth-order valence-corrected chi connectivity index (χ4v) is 4.68. The number of hydrogen-bond donors (Lipinski definition) is 1. The summed E-state index contributed by atoms with van der Waals surface area (Å²) in [4.78, 5) is 29.0. The topological polar surface area (TPSA) is 70.1 Å². The fourth-order valence-electron chi connectivity index (χ4n) is 4.68. The van der Waals surface area contributed by atoms with Crippen LogP contribution in [0.4, 0.5) is 0 Å². The lowest BCUT2D eigenvalue weighted by atomic mass is 9.72. The first-order valence-corrected chi connectivity index (χ1v) is 10.0. The van der Waals surface area contributed by atoms with Crippen molar-refractivity contribution in [1.82, 2.24) is 9.80 Å². The predicted molar refractivity (Wildman–Crippen MR) is 100 cm³/mol. The average molecular weight is 372 g/mol. The van der Waals surface area contributed by atoms with Gasteiger partial charge in [0.05, 0.1) is 6.10 Å². The molecule has 0 bridgehead atoms. The number of rotatable bonds is 3. The van der Waals surface area contributed by atoms with Gasteiger partial charge in [-0.05, 0) is 61.8 Å². The van der Waals surface area contributed by atoms with Crippen LogP contribution in [0.2, 0.25) is 0 Å². The van der Waals surface area contributed by atoms with Gasteiger partial charge in [-0.15, -0.1) is 0 Å². The molecule has 1 spiro atoms. The first-order valence-electron chi connectivity index (χ1n) is 10.0. The summed E-state index contributed by atoms with van der Waals surface area (Å²) in [5.74, 6) is 0.439. The Bertz CT molecular complexity index is 689. The van der Waals surface area contributed by atoms with Crippen LogP contribution >= 0.6 is 0 Å². The zero-order valence-corrected chi connectivity index (χ0v) is 15.7. The minimum absolute atomic E-state index is 0.0212. The average Bonchev–Trinajstić information content (AvgIpc) is 3.19. The summed E-state index contributed by atoms with van der Waals surface area (Å²) >= 11 is 0. The molecule has 1 aromatic carbocycles. The lowest BCUT2D eigenvalue weighted by molar-refractivity contribution is -0.141. The van der Waals surface area contributed by atoms with E-state index in [-0.39, 0.29) is 29.1 Å². The monoisotopic (exact) mass is 372 g/mol. The van der Waals surface area contributed by atoms with Crippen LogP contribution in [0.1, 0.15) is 48.9 Å². The quantitative estimate of drug-likeness (QED) is 0.885. The van der Waals surface area contributed by atoms with Crippen molar-refractivity contribution in [3.63, 3.8) is 0 Å². The van der Waals surface area contributed by atoms with Crippen LogP contribution < -0.4 is 0 Å². The van der Waals surface area contributed by atoms with Crippen molar-refractivity contribution in [3.05, 3.63) is 29.8 Å². The summed E-state index contributed by atoms with van der Waals surface area (Å²) in [6, 6.07) is 6.44. The third kappa shape index (κ3) is 3.95. The van der Waals surface area contributed by atoms with Gasteiger partial charge < -0.3 is 19.6 Å². The first kappa shape index (κ1) is 18.3. The number of ether oxygens (including phenoxy) is 1. The van der Waals surface area contributed by atoms with Gasteiger partial charge in [0, 0.05) is 44.8 Å². The Morgan fingerprint density at radius 2 is 1.93 bits per heavy atom. The van der Waals surface area contributed by atoms with Gasteiger partial charge in [-0.1, -0.05) is 0 Å². The summed E-state index contributed by atoms with van der Waals surface area (Å²) in [6.07, 6.45) is 5.74. The number of likely N-dealkylation sites (tertiary alicyclic amines) is 2. The van der Waals surface area contributed by atoms with Gasteiger partial charge in [-0.3, -0.25) is 9.59 Å². The van der Waals surface area contributed by atoms with Crippen LogP contribution in [-0.4, -0.2) is 65.6 Å². The molecule has 3 aliphatic heterocycles. The molecule has 3 aliphatic rings. The number of amides is 2. The second-order valence-electron chi connectivity index (χ2n) is 8.25. The van der Waals surface area contributed by atoms with E-state index in [9.17, 15) is 14.7 Å². The zero-order valence-electron chi connectivity index (χ0n) is 15.7. The van der Waals surface area contributed by atoms with E-state index in [1.807, 2.05) is 9.80 Å². The summed E-state index contributed by atoms with van der Waals surface area (Å²) in [5.41, 5.74) is 0.751. The van der Waals surface area contributed by atoms with Crippen LogP contribution in [0.15, 0.2) is 24.3 Å². The van der Waals surface area contributed by atoms with Gasteiger partial charge in [-0.2, -0.15) is 0 Å². The maximum Gasteiger partial charge on any atom is 0.253 e. The highest BCUT2D eigenvalue weighted by molar-refractivity contribution is 5.94. The Labute approximate surface area is 160 Å². The summed E-state index contributed by atoms with van der Waals surface area (Å²) in [5, 5.41) is 9.40. The van der Waals surface area contributed by atoms with Crippen LogP contribution in [0, 0.1) is 5.41 Å². The highest BCUT2D eigenvalue weighted by atomic mass is 16.5. The molecular formula is C21H28N2O4. The first-order chi connectivity index (χ1) is 13.0. The number of benzene rings is 1.